The summed E-state index contributed by atoms with van der Waals surface area (Å²) in [5.41, 5.74) is 3.71. The van der Waals surface area contributed by atoms with Crippen LogP contribution in [-0.4, -0.2) is 35.3 Å². The van der Waals surface area contributed by atoms with Gasteiger partial charge in [-0.2, -0.15) is 5.10 Å². The fourth-order valence-electron chi connectivity index (χ4n) is 3.80. The minimum absolute atomic E-state index is 0.134. The zero-order chi connectivity index (χ0) is 20.5. The van der Waals surface area contributed by atoms with Gasteiger partial charge in [-0.05, 0) is 48.7 Å². The van der Waals surface area contributed by atoms with E-state index in [0.29, 0.717) is 23.1 Å². The Labute approximate surface area is 169 Å². The highest BCUT2D eigenvalue weighted by molar-refractivity contribution is 6.10. The second-order valence-electron chi connectivity index (χ2n) is 7.42. The molecule has 0 saturated carbocycles. The Bertz CT molecular complexity index is 1030. The first-order valence-corrected chi connectivity index (χ1v) is 9.58. The Kier molecular flexibility index (Phi) is 4.96. The predicted molar refractivity (Wildman–Crippen MR) is 110 cm³/mol. The molecule has 7 heteroatoms. The van der Waals surface area contributed by atoms with Gasteiger partial charge < -0.3 is 9.47 Å². The standard InChI is InChI=1S/C22H24N4O3/c1-13(2)12-16-18-20(25-24-16)22(27)26(14-7-9-15(28-3)10-8-14)21(18)19-17(29-4)6-5-11-23-19/h5-11,13,21H,12H2,1-4H3,(H,24,25). The molecule has 0 fully saturated rings. The van der Waals surface area contributed by atoms with Crippen LogP contribution in [0, 0.1) is 5.92 Å². The van der Waals surface area contributed by atoms with Crippen LogP contribution >= 0.6 is 0 Å². The number of amides is 1. The van der Waals surface area contributed by atoms with Gasteiger partial charge >= 0.3 is 0 Å². The highest BCUT2D eigenvalue weighted by Gasteiger charge is 2.44. The maximum atomic E-state index is 13.4. The summed E-state index contributed by atoms with van der Waals surface area (Å²) in [6.07, 6.45) is 2.48. The third-order valence-electron chi connectivity index (χ3n) is 5.08. The van der Waals surface area contributed by atoms with E-state index in [-0.39, 0.29) is 5.91 Å². The van der Waals surface area contributed by atoms with E-state index >= 15 is 0 Å². The number of aromatic amines is 1. The summed E-state index contributed by atoms with van der Waals surface area (Å²) in [7, 11) is 3.23. The van der Waals surface area contributed by atoms with Gasteiger partial charge in [0.1, 0.15) is 28.9 Å². The molecule has 1 aliphatic rings. The lowest BCUT2D eigenvalue weighted by Crippen LogP contribution is -2.30. The number of ether oxygens (including phenoxy) is 2. The lowest BCUT2D eigenvalue weighted by molar-refractivity contribution is 0.0988. The molecule has 150 valence electrons. The summed E-state index contributed by atoms with van der Waals surface area (Å²) in [5, 5.41) is 7.42. The first-order chi connectivity index (χ1) is 14.0. The van der Waals surface area contributed by atoms with E-state index in [2.05, 4.69) is 29.0 Å². The number of hydrogen-bond donors (Lipinski definition) is 1. The molecule has 1 aromatic carbocycles. The number of carbonyl (C=O) groups is 1. The van der Waals surface area contributed by atoms with Crippen molar-refractivity contribution in [3.05, 3.63) is 65.2 Å². The quantitative estimate of drug-likeness (QED) is 0.691. The smallest absolute Gasteiger partial charge is 0.277 e. The number of hydrogen-bond acceptors (Lipinski definition) is 5. The van der Waals surface area contributed by atoms with Crippen molar-refractivity contribution in [1.82, 2.24) is 15.2 Å². The Morgan fingerprint density at radius 3 is 2.55 bits per heavy atom. The van der Waals surface area contributed by atoms with Crippen molar-refractivity contribution < 1.29 is 14.3 Å². The van der Waals surface area contributed by atoms with Crippen LogP contribution in [0.3, 0.4) is 0 Å². The van der Waals surface area contributed by atoms with Crippen LogP contribution in [0.4, 0.5) is 5.69 Å². The van der Waals surface area contributed by atoms with Gasteiger partial charge in [0.15, 0.2) is 0 Å². The molecule has 4 rings (SSSR count). The average molecular weight is 392 g/mol. The number of methoxy groups -OCH3 is 2. The number of benzene rings is 1. The molecule has 29 heavy (non-hydrogen) atoms. The van der Waals surface area contributed by atoms with Gasteiger partial charge in [-0.25, -0.2) is 0 Å². The van der Waals surface area contributed by atoms with Gasteiger partial charge in [0.05, 0.1) is 19.9 Å². The molecular weight excluding hydrogens is 368 g/mol. The monoisotopic (exact) mass is 392 g/mol. The second-order valence-corrected chi connectivity index (χ2v) is 7.42. The van der Waals surface area contributed by atoms with E-state index in [1.165, 1.54) is 0 Å². The molecule has 3 aromatic rings. The second kappa shape index (κ2) is 7.58. The summed E-state index contributed by atoms with van der Waals surface area (Å²) in [4.78, 5) is 19.7. The summed E-state index contributed by atoms with van der Waals surface area (Å²) in [5.74, 6) is 1.63. The van der Waals surface area contributed by atoms with Gasteiger partial charge in [0, 0.05) is 17.4 Å². The molecule has 1 aliphatic heterocycles. The SMILES string of the molecule is COc1ccc(N2C(=O)c3[nH]nc(CC(C)C)c3C2c2ncccc2OC)cc1. The summed E-state index contributed by atoms with van der Waals surface area (Å²) in [6, 6.07) is 10.7. The highest BCUT2D eigenvalue weighted by Crippen LogP contribution is 2.44. The molecular formula is C22H24N4O3. The Morgan fingerprint density at radius 2 is 1.90 bits per heavy atom. The lowest BCUT2D eigenvalue weighted by Gasteiger charge is -2.27. The van der Waals surface area contributed by atoms with Crippen molar-refractivity contribution in [2.75, 3.05) is 19.1 Å². The zero-order valence-electron chi connectivity index (χ0n) is 17.0. The number of anilines is 1. The van der Waals surface area contributed by atoms with Gasteiger partial charge in [-0.1, -0.05) is 13.8 Å². The topological polar surface area (TPSA) is 80.3 Å². The van der Waals surface area contributed by atoms with Crippen LogP contribution in [0.1, 0.15) is 47.3 Å². The number of carbonyl (C=O) groups excluding carboxylic acids is 1. The third kappa shape index (κ3) is 3.22. The fraction of sp³-hybridized carbons (Fsp3) is 0.318. The zero-order valence-corrected chi connectivity index (χ0v) is 17.0. The molecule has 0 radical (unpaired) electrons. The average Bonchev–Trinajstić information content (AvgIpc) is 3.26. The van der Waals surface area contributed by atoms with Crippen molar-refractivity contribution in [3.8, 4) is 11.5 Å². The molecule has 1 N–H and O–H groups in total. The first kappa shape index (κ1) is 19.0. The van der Waals surface area contributed by atoms with Gasteiger partial charge in [-0.15, -0.1) is 0 Å². The van der Waals surface area contributed by atoms with Crippen LogP contribution in [-0.2, 0) is 6.42 Å². The van der Waals surface area contributed by atoms with E-state index in [1.54, 1.807) is 25.3 Å². The molecule has 0 aliphatic carbocycles. The maximum absolute atomic E-state index is 13.4. The predicted octanol–water partition coefficient (Wildman–Crippen LogP) is 3.77. The van der Waals surface area contributed by atoms with Crippen LogP contribution in [0.5, 0.6) is 11.5 Å². The van der Waals surface area contributed by atoms with Gasteiger partial charge in [-0.3, -0.25) is 19.8 Å². The van der Waals surface area contributed by atoms with E-state index in [9.17, 15) is 4.79 Å². The van der Waals surface area contributed by atoms with Crippen LogP contribution in [0.15, 0.2) is 42.6 Å². The largest absolute Gasteiger partial charge is 0.497 e. The molecule has 1 amide bonds. The van der Waals surface area contributed by atoms with E-state index in [1.807, 2.05) is 36.4 Å². The molecule has 0 spiro atoms. The number of pyridine rings is 1. The Morgan fingerprint density at radius 1 is 1.14 bits per heavy atom. The number of nitrogens with one attached hydrogen (secondary N) is 1. The number of rotatable bonds is 6. The van der Waals surface area contributed by atoms with Gasteiger partial charge in [0.2, 0.25) is 0 Å². The summed E-state index contributed by atoms with van der Waals surface area (Å²) >= 11 is 0. The summed E-state index contributed by atoms with van der Waals surface area (Å²) < 4.78 is 10.8. The van der Waals surface area contributed by atoms with Crippen LogP contribution in [0.2, 0.25) is 0 Å². The van der Waals surface area contributed by atoms with Gasteiger partial charge in [0.25, 0.3) is 5.91 Å². The van der Waals surface area contributed by atoms with Crippen molar-refractivity contribution >= 4 is 11.6 Å². The van der Waals surface area contributed by atoms with Crippen molar-refractivity contribution in [1.29, 1.82) is 0 Å². The number of nitrogens with zero attached hydrogens (tertiary/aromatic N) is 3. The Balaban J connectivity index is 1.90. The number of H-pyrrole nitrogens is 1. The minimum atomic E-state index is -0.422. The first-order valence-electron chi connectivity index (χ1n) is 9.58. The molecule has 3 heterocycles. The summed E-state index contributed by atoms with van der Waals surface area (Å²) in [6.45, 7) is 4.27. The molecule has 7 nitrogen and oxygen atoms in total. The lowest BCUT2D eigenvalue weighted by atomic mass is 9.97. The highest BCUT2D eigenvalue weighted by atomic mass is 16.5. The van der Waals surface area contributed by atoms with Crippen LogP contribution < -0.4 is 14.4 Å². The number of fused-ring (bicyclic) bond motifs is 1. The van der Waals surface area contributed by atoms with Crippen molar-refractivity contribution in [2.45, 2.75) is 26.3 Å². The maximum Gasteiger partial charge on any atom is 0.277 e. The molecule has 1 atom stereocenters. The van der Waals surface area contributed by atoms with Crippen molar-refractivity contribution in [2.24, 2.45) is 5.92 Å². The third-order valence-corrected chi connectivity index (χ3v) is 5.08. The number of aromatic nitrogens is 3. The molecule has 2 aromatic heterocycles. The van der Waals surface area contributed by atoms with Crippen molar-refractivity contribution in [3.63, 3.8) is 0 Å². The molecule has 0 bridgehead atoms. The molecule has 0 saturated heterocycles. The van der Waals surface area contributed by atoms with Crippen LogP contribution in [0.25, 0.3) is 0 Å². The van der Waals surface area contributed by atoms with E-state index in [0.717, 1.165) is 29.1 Å². The molecule has 1 unspecified atom stereocenters. The van der Waals surface area contributed by atoms with E-state index < -0.39 is 6.04 Å². The normalized spacial score (nSPS) is 15.7. The Hall–Kier alpha value is -3.35. The fourth-order valence-corrected chi connectivity index (χ4v) is 3.80. The minimum Gasteiger partial charge on any atom is -0.497 e. The van der Waals surface area contributed by atoms with E-state index in [4.69, 9.17) is 9.47 Å².